The first-order valence-corrected chi connectivity index (χ1v) is 9.01. The van der Waals surface area contributed by atoms with Crippen molar-refractivity contribution >= 4 is 43.0 Å². The van der Waals surface area contributed by atoms with Gasteiger partial charge in [-0.2, -0.15) is 0 Å². The number of nitrogens with two attached hydrogens (primary N) is 1. The number of anilines is 1. The molecule has 0 spiro atoms. The Kier molecular flexibility index (Phi) is 4.53. The number of halogens is 1. The van der Waals surface area contributed by atoms with Gasteiger partial charge in [0.15, 0.2) is 0 Å². The minimum atomic E-state index is -3.61. The third-order valence-electron chi connectivity index (χ3n) is 2.82. The maximum absolute atomic E-state index is 12.4. The number of hydrogen-bond donors (Lipinski definition) is 2. The van der Waals surface area contributed by atoms with Gasteiger partial charge >= 0.3 is 0 Å². The molecule has 0 aliphatic rings. The Balaban J connectivity index is 2.38. The van der Waals surface area contributed by atoms with E-state index in [1.54, 1.807) is 12.1 Å². The van der Waals surface area contributed by atoms with E-state index >= 15 is 0 Å². The summed E-state index contributed by atoms with van der Waals surface area (Å²) in [5, 5.41) is 0. The molecule has 0 fully saturated rings. The van der Waals surface area contributed by atoms with Crippen LogP contribution in [0.4, 0.5) is 5.69 Å². The van der Waals surface area contributed by atoms with E-state index < -0.39 is 10.0 Å². The fourth-order valence-corrected chi connectivity index (χ4v) is 5.50. The first-order chi connectivity index (χ1) is 9.33. The standard InChI is InChI=1S/C13H15BrN2O2S2/c1-8-3-4-11(9(2)5-8)16-20(17,18)12-6-10(7-15)19-13(12)14/h3-6,16H,7,15H2,1-2H3. The Labute approximate surface area is 131 Å². The molecule has 0 unspecified atom stereocenters. The molecule has 0 bridgehead atoms. The van der Waals surface area contributed by atoms with Crippen molar-refractivity contribution in [3.63, 3.8) is 0 Å². The highest BCUT2D eigenvalue weighted by Gasteiger charge is 2.21. The molecule has 0 amide bonds. The molecule has 4 nitrogen and oxygen atoms in total. The zero-order valence-corrected chi connectivity index (χ0v) is 14.3. The van der Waals surface area contributed by atoms with E-state index in [4.69, 9.17) is 5.73 Å². The number of hydrogen-bond acceptors (Lipinski definition) is 4. The van der Waals surface area contributed by atoms with Gasteiger partial charge in [-0.1, -0.05) is 17.7 Å². The van der Waals surface area contributed by atoms with Gasteiger partial charge in [0.25, 0.3) is 10.0 Å². The van der Waals surface area contributed by atoms with E-state index in [1.165, 1.54) is 11.3 Å². The molecule has 0 aliphatic carbocycles. The van der Waals surface area contributed by atoms with Crippen LogP contribution in [0.1, 0.15) is 16.0 Å². The Morgan fingerprint density at radius 2 is 2.00 bits per heavy atom. The largest absolute Gasteiger partial charge is 0.326 e. The van der Waals surface area contributed by atoms with E-state index in [0.717, 1.165) is 16.0 Å². The van der Waals surface area contributed by atoms with Crippen LogP contribution in [0.5, 0.6) is 0 Å². The van der Waals surface area contributed by atoms with Crippen LogP contribution in [0.3, 0.4) is 0 Å². The molecule has 0 radical (unpaired) electrons. The van der Waals surface area contributed by atoms with E-state index in [1.807, 2.05) is 26.0 Å². The fraction of sp³-hybridized carbons (Fsp3) is 0.231. The molecule has 7 heteroatoms. The molecule has 3 N–H and O–H groups in total. The zero-order valence-electron chi connectivity index (χ0n) is 11.1. The molecule has 2 aromatic rings. The Hall–Kier alpha value is -0.890. The van der Waals surface area contributed by atoms with Crippen LogP contribution in [0.2, 0.25) is 0 Å². The molecule has 0 aliphatic heterocycles. The maximum atomic E-state index is 12.4. The van der Waals surface area contributed by atoms with Gasteiger partial charge in [-0.15, -0.1) is 11.3 Å². The first-order valence-electron chi connectivity index (χ1n) is 5.92. The highest BCUT2D eigenvalue weighted by atomic mass is 79.9. The van der Waals surface area contributed by atoms with Gasteiger partial charge in [0, 0.05) is 11.4 Å². The molecule has 20 heavy (non-hydrogen) atoms. The van der Waals surface area contributed by atoms with Crippen molar-refractivity contribution in [1.82, 2.24) is 0 Å². The lowest BCUT2D eigenvalue weighted by molar-refractivity contribution is 0.601. The van der Waals surface area contributed by atoms with Crippen LogP contribution < -0.4 is 10.5 Å². The number of aryl methyl sites for hydroxylation is 2. The molecule has 1 aromatic heterocycles. The summed E-state index contributed by atoms with van der Waals surface area (Å²) in [4.78, 5) is 1.04. The Bertz CT molecular complexity index is 739. The number of sulfonamides is 1. The lowest BCUT2D eigenvalue weighted by atomic mass is 10.1. The minimum absolute atomic E-state index is 0.225. The molecule has 1 aromatic carbocycles. The Morgan fingerprint density at radius 3 is 2.55 bits per heavy atom. The number of rotatable bonds is 4. The SMILES string of the molecule is Cc1ccc(NS(=O)(=O)c2cc(CN)sc2Br)c(C)c1. The van der Waals surface area contributed by atoms with Crippen molar-refractivity contribution in [2.24, 2.45) is 5.73 Å². The van der Waals surface area contributed by atoms with Gasteiger partial charge in [0.2, 0.25) is 0 Å². The average Bonchev–Trinajstić information content (AvgIpc) is 2.75. The summed E-state index contributed by atoms with van der Waals surface area (Å²) >= 11 is 4.61. The van der Waals surface area contributed by atoms with Crippen LogP contribution in [0.25, 0.3) is 0 Å². The van der Waals surface area contributed by atoms with Crippen molar-refractivity contribution in [2.75, 3.05) is 4.72 Å². The van der Waals surface area contributed by atoms with E-state index in [2.05, 4.69) is 20.7 Å². The molecule has 0 saturated heterocycles. The van der Waals surface area contributed by atoms with Crippen molar-refractivity contribution in [3.05, 3.63) is 44.1 Å². The number of nitrogens with one attached hydrogen (secondary N) is 1. The predicted molar refractivity (Wildman–Crippen MR) is 86.6 cm³/mol. The molecule has 0 saturated carbocycles. The van der Waals surface area contributed by atoms with Gasteiger partial charge in [0.1, 0.15) is 4.90 Å². The second-order valence-corrected chi connectivity index (χ2v) is 8.58. The molecule has 1 heterocycles. The average molecular weight is 375 g/mol. The van der Waals surface area contributed by atoms with Gasteiger partial charge < -0.3 is 5.73 Å². The molecule has 0 atom stereocenters. The number of benzene rings is 1. The Morgan fingerprint density at radius 1 is 1.30 bits per heavy atom. The van der Waals surface area contributed by atoms with Gasteiger partial charge in [0.05, 0.1) is 9.47 Å². The third-order valence-corrected chi connectivity index (χ3v) is 6.46. The summed E-state index contributed by atoms with van der Waals surface area (Å²) in [5.41, 5.74) is 8.11. The van der Waals surface area contributed by atoms with E-state index in [0.29, 0.717) is 16.0 Å². The highest BCUT2D eigenvalue weighted by molar-refractivity contribution is 9.11. The molecule has 108 valence electrons. The summed E-state index contributed by atoms with van der Waals surface area (Å²) in [7, 11) is -3.61. The van der Waals surface area contributed by atoms with Crippen molar-refractivity contribution in [3.8, 4) is 0 Å². The molecular formula is C13H15BrN2O2S2. The quantitative estimate of drug-likeness (QED) is 0.861. The van der Waals surface area contributed by atoms with Gasteiger partial charge in [-0.05, 0) is 47.5 Å². The fourth-order valence-electron chi connectivity index (χ4n) is 1.81. The van der Waals surface area contributed by atoms with Crippen molar-refractivity contribution < 1.29 is 8.42 Å². The third kappa shape index (κ3) is 3.22. The van der Waals surface area contributed by atoms with Crippen molar-refractivity contribution in [2.45, 2.75) is 25.3 Å². The van der Waals surface area contributed by atoms with Crippen LogP contribution in [-0.4, -0.2) is 8.42 Å². The van der Waals surface area contributed by atoms with Crippen LogP contribution in [0.15, 0.2) is 32.9 Å². The normalized spacial score (nSPS) is 11.6. The van der Waals surface area contributed by atoms with Gasteiger partial charge in [-0.25, -0.2) is 8.42 Å². The summed E-state index contributed by atoms with van der Waals surface area (Å²) in [5.74, 6) is 0. The second-order valence-electron chi connectivity index (χ2n) is 4.48. The maximum Gasteiger partial charge on any atom is 0.263 e. The van der Waals surface area contributed by atoms with Gasteiger partial charge in [-0.3, -0.25) is 4.72 Å². The molecule has 2 rings (SSSR count). The van der Waals surface area contributed by atoms with Crippen LogP contribution >= 0.6 is 27.3 Å². The summed E-state index contributed by atoms with van der Waals surface area (Å²) < 4.78 is 28.0. The minimum Gasteiger partial charge on any atom is -0.326 e. The summed E-state index contributed by atoms with van der Waals surface area (Å²) in [6.45, 7) is 4.16. The smallest absolute Gasteiger partial charge is 0.263 e. The van der Waals surface area contributed by atoms with Crippen molar-refractivity contribution in [1.29, 1.82) is 0 Å². The van der Waals surface area contributed by atoms with Crippen LogP contribution in [-0.2, 0) is 16.6 Å². The summed E-state index contributed by atoms with van der Waals surface area (Å²) in [6.07, 6.45) is 0. The molecular weight excluding hydrogens is 360 g/mol. The monoisotopic (exact) mass is 374 g/mol. The predicted octanol–water partition coefficient (Wildman–Crippen LogP) is 3.39. The zero-order chi connectivity index (χ0) is 14.9. The summed E-state index contributed by atoms with van der Waals surface area (Å²) in [6, 6.07) is 7.18. The highest BCUT2D eigenvalue weighted by Crippen LogP contribution is 2.33. The number of thiophene rings is 1. The lowest BCUT2D eigenvalue weighted by Crippen LogP contribution is -2.13. The topological polar surface area (TPSA) is 72.2 Å². The first kappa shape index (κ1) is 15.5. The second kappa shape index (κ2) is 5.85. The van der Waals surface area contributed by atoms with Crippen LogP contribution in [0, 0.1) is 13.8 Å². The van der Waals surface area contributed by atoms with E-state index in [-0.39, 0.29) is 4.90 Å². The lowest BCUT2D eigenvalue weighted by Gasteiger charge is -2.10. The van der Waals surface area contributed by atoms with E-state index in [9.17, 15) is 8.42 Å².